The van der Waals surface area contributed by atoms with Crippen LogP contribution in [0, 0.1) is 5.92 Å². The molecule has 1 fully saturated rings. The Morgan fingerprint density at radius 3 is 2.71 bits per heavy atom. The van der Waals surface area contributed by atoms with Crippen molar-refractivity contribution in [3.8, 4) is 0 Å². The molecule has 0 amide bonds. The molecule has 1 aromatic rings. The van der Waals surface area contributed by atoms with Crippen LogP contribution in [0.4, 0.5) is 5.13 Å². The summed E-state index contributed by atoms with van der Waals surface area (Å²) in [6.07, 6.45) is 4.51. The van der Waals surface area contributed by atoms with Gasteiger partial charge < -0.3 is 10.1 Å². The third kappa shape index (κ3) is 2.77. The molecular formula is C12H21N3OS. The summed E-state index contributed by atoms with van der Waals surface area (Å²) < 4.78 is 10.1. The third-order valence-corrected chi connectivity index (χ3v) is 3.97. The normalized spacial score (nSPS) is 18.8. The molecule has 1 aliphatic rings. The van der Waals surface area contributed by atoms with E-state index in [1.165, 1.54) is 24.4 Å². The van der Waals surface area contributed by atoms with Crippen molar-refractivity contribution < 1.29 is 4.74 Å². The minimum Gasteiger partial charge on any atom is -0.370 e. The number of hydrogen-bond acceptors (Lipinski definition) is 5. The number of nitrogens with one attached hydrogen (secondary N) is 1. The van der Waals surface area contributed by atoms with Crippen LogP contribution in [0.15, 0.2) is 0 Å². The van der Waals surface area contributed by atoms with Crippen LogP contribution in [0.2, 0.25) is 0 Å². The molecule has 96 valence electrons. The lowest BCUT2D eigenvalue weighted by Gasteiger charge is -2.23. The maximum atomic E-state index is 5.68. The van der Waals surface area contributed by atoms with Gasteiger partial charge in [-0.3, -0.25) is 0 Å². The van der Waals surface area contributed by atoms with Crippen LogP contribution in [-0.2, 0) is 10.3 Å². The van der Waals surface area contributed by atoms with Gasteiger partial charge in [-0.25, -0.2) is 4.98 Å². The molecule has 4 nitrogen and oxygen atoms in total. The van der Waals surface area contributed by atoms with E-state index in [9.17, 15) is 0 Å². The van der Waals surface area contributed by atoms with Crippen LogP contribution in [0.3, 0.4) is 0 Å². The Bertz CT molecular complexity index is 358. The van der Waals surface area contributed by atoms with Crippen LogP contribution in [0.5, 0.6) is 0 Å². The maximum absolute atomic E-state index is 5.68. The van der Waals surface area contributed by atoms with Gasteiger partial charge in [-0.1, -0.05) is 13.8 Å². The van der Waals surface area contributed by atoms with E-state index in [1.807, 2.05) is 0 Å². The molecule has 0 bridgehead atoms. The minimum atomic E-state index is -0.214. The van der Waals surface area contributed by atoms with Crippen LogP contribution in [-0.4, -0.2) is 23.0 Å². The van der Waals surface area contributed by atoms with E-state index in [1.54, 1.807) is 7.11 Å². The van der Waals surface area contributed by atoms with Crippen molar-refractivity contribution in [3.63, 3.8) is 0 Å². The van der Waals surface area contributed by atoms with Crippen molar-refractivity contribution in [1.29, 1.82) is 0 Å². The summed E-state index contributed by atoms with van der Waals surface area (Å²) in [5, 5.41) is 4.23. The zero-order chi connectivity index (χ0) is 12.3. The molecule has 1 N–H and O–H groups in total. The molecule has 1 aliphatic carbocycles. The Morgan fingerprint density at radius 2 is 2.12 bits per heavy atom. The summed E-state index contributed by atoms with van der Waals surface area (Å²) in [7, 11) is 1.77. The zero-order valence-corrected chi connectivity index (χ0v) is 11.6. The van der Waals surface area contributed by atoms with E-state index >= 15 is 0 Å². The third-order valence-electron chi connectivity index (χ3n) is 3.30. The van der Waals surface area contributed by atoms with Gasteiger partial charge in [0.1, 0.15) is 5.60 Å². The topological polar surface area (TPSA) is 47.0 Å². The lowest BCUT2D eigenvalue weighted by Crippen LogP contribution is -2.26. The lowest BCUT2D eigenvalue weighted by molar-refractivity contribution is -0.0152. The number of rotatable bonds is 5. The van der Waals surface area contributed by atoms with Gasteiger partial charge in [-0.2, -0.15) is 4.37 Å². The monoisotopic (exact) mass is 255 g/mol. The van der Waals surface area contributed by atoms with E-state index in [2.05, 4.69) is 28.5 Å². The SMILES string of the molecule is COC1(c2nsc(NCC(C)C)n2)CCCC1. The van der Waals surface area contributed by atoms with Crippen LogP contribution in [0.1, 0.15) is 45.4 Å². The van der Waals surface area contributed by atoms with Crippen LogP contribution >= 0.6 is 11.5 Å². The summed E-state index contributed by atoms with van der Waals surface area (Å²) in [6.45, 7) is 5.31. The number of aromatic nitrogens is 2. The second-order valence-corrected chi connectivity index (χ2v) is 5.86. The van der Waals surface area contributed by atoms with E-state index < -0.39 is 0 Å². The standard InChI is InChI=1S/C12H21N3OS/c1-9(2)8-13-11-14-10(15-17-11)12(16-3)6-4-5-7-12/h9H,4-8H2,1-3H3,(H,13,14,15). The first-order valence-corrected chi connectivity index (χ1v) is 7.07. The number of ether oxygens (including phenoxy) is 1. The molecule has 0 aromatic carbocycles. The molecule has 0 unspecified atom stereocenters. The summed E-state index contributed by atoms with van der Waals surface area (Å²) in [5.74, 6) is 1.49. The summed E-state index contributed by atoms with van der Waals surface area (Å²) in [6, 6.07) is 0. The molecule has 1 aromatic heterocycles. The molecular weight excluding hydrogens is 234 g/mol. The van der Waals surface area contributed by atoms with Crippen molar-refractivity contribution in [1.82, 2.24) is 9.36 Å². The Kier molecular flexibility index (Phi) is 3.99. The molecule has 2 rings (SSSR count). The predicted octanol–water partition coefficient (Wildman–Crippen LogP) is 3.02. The van der Waals surface area contributed by atoms with E-state index in [-0.39, 0.29) is 5.60 Å². The average Bonchev–Trinajstić information content (AvgIpc) is 2.96. The molecule has 0 spiro atoms. The maximum Gasteiger partial charge on any atom is 0.202 e. The number of hydrogen-bond donors (Lipinski definition) is 1. The van der Waals surface area contributed by atoms with E-state index in [0.29, 0.717) is 5.92 Å². The molecule has 1 saturated carbocycles. The highest BCUT2D eigenvalue weighted by Crippen LogP contribution is 2.40. The molecule has 5 heteroatoms. The van der Waals surface area contributed by atoms with Crippen molar-refractivity contribution in [3.05, 3.63) is 5.82 Å². The van der Waals surface area contributed by atoms with Gasteiger partial charge in [0.2, 0.25) is 5.13 Å². The van der Waals surface area contributed by atoms with Crippen molar-refractivity contribution in [2.75, 3.05) is 19.0 Å². The van der Waals surface area contributed by atoms with Gasteiger partial charge in [0.15, 0.2) is 5.82 Å². The number of anilines is 1. The fraction of sp³-hybridized carbons (Fsp3) is 0.833. The first-order chi connectivity index (χ1) is 8.16. The molecule has 17 heavy (non-hydrogen) atoms. The number of methoxy groups -OCH3 is 1. The summed E-state index contributed by atoms with van der Waals surface area (Å²) >= 11 is 1.44. The Hall–Kier alpha value is -0.680. The minimum absolute atomic E-state index is 0.214. The fourth-order valence-electron chi connectivity index (χ4n) is 2.24. The molecule has 0 saturated heterocycles. The number of nitrogens with zero attached hydrogens (tertiary/aromatic N) is 2. The van der Waals surface area contributed by atoms with Crippen LogP contribution < -0.4 is 5.32 Å². The molecule has 1 heterocycles. The quantitative estimate of drug-likeness (QED) is 0.878. The van der Waals surface area contributed by atoms with Gasteiger partial charge in [0.25, 0.3) is 0 Å². The van der Waals surface area contributed by atoms with Gasteiger partial charge >= 0.3 is 0 Å². The second-order valence-electron chi connectivity index (χ2n) is 5.10. The predicted molar refractivity (Wildman–Crippen MR) is 70.4 cm³/mol. The highest BCUT2D eigenvalue weighted by atomic mass is 32.1. The molecule has 0 aliphatic heterocycles. The lowest BCUT2D eigenvalue weighted by atomic mass is 10.0. The summed E-state index contributed by atoms with van der Waals surface area (Å²) in [4.78, 5) is 4.58. The molecule has 0 atom stereocenters. The van der Waals surface area contributed by atoms with E-state index in [0.717, 1.165) is 30.3 Å². The van der Waals surface area contributed by atoms with E-state index in [4.69, 9.17) is 4.74 Å². The van der Waals surface area contributed by atoms with Gasteiger partial charge in [-0.05, 0) is 31.6 Å². The zero-order valence-electron chi connectivity index (χ0n) is 10.8. The van der Waals surface area contributed by atoms with Crippen LogP contribution in [0.25, 0.3) is 0 Å². The first kappa shape index (κ1) is 12.8. The smallest absolute Gasteiger partial charge is 0.202 e. The van der Waals surface area contributed by atoms with Gasteiger partial charge in [0.05, 0.1) is 0 Å². The first-order valence-electron chi connectivity index (χ1n) is 6.29. The Balaban J connectivity index is 2.06. The molecule has 0 radical (unpaired) electrons. The van der Waals surface area contributed by atoms with Gasteiger partial charge in [-0.15, -0.1) is 0 Å². The second kappa shape index (κ2) is 5.31. The highest BCUT2D eigenvalue weighted by molar-refractivity contribution is 7.09. The largest absolute Gasteiger partial charge is 0.370 e. The fourth-order valence-corrected chi connectivity index (χ4v) is 2.89. The van der Waals surface area contributed by atoms with Crippen molar-refractivity contribution in [2.45, 2.75) is 45.1 Å². The van der Waals surface area contributed by atoms with Crippen molar-refractivity contribution >= 4 is 16.7 Å². The average molecular weight is 255 g/mol. The summed E-state index contributed by atoms with van der Waals surface area (Å²) in [5.41, 5.74) is -0.214. The highest BCUT2D eigenvalue weighted by Gasteiger charge is 2.39. The van der Waals surface area contributed by atoms with Gasteiger partial charge in [0, 0.05) is 25.2 Å². The Labute approximate surface area is 107 Å². The Morgan fingerprint density at radius 1 is 1.41 bits per heavy atom. The van der Waals surface area contributed by atoms with Crippen molar-refractivity contribution in [2.24, 2.45) is 5.92 Å².